The lowest BCUT2D eigenvalue weighted by molar-refractivity contribution is -0.954. The maximum absolute atomic E-state index is 10.8. The topological polar surface area (TPSA) is 99.2 Å². The molecular weight excluding hydrogens is 242 g/mol. The van der Waals surface area contributed by atoms with Crippen molar-refractivity contribution in [2.45, 2.75) is 6.42 Å². The quantitative estimate of drug-likeness (QED) is 0.401. The van der Waals surface area contributed by atoms with Crippen LogP contribution >= 0.6 is 0 Å². The van der Waals surface area contributed by atoms with Crippen LogP contribution in [0.5, 0.6) is 11.5 Å². The molecule has 0 heterocycles. The highest BCUT2D eigenvalue weighted by atomic mass is 16.8. The van der Waals surface area contributed by atoms with Crippen LogP contribution in [0.3, 0.4) is 0 Å². The van der Waals surface area contributed by atoms with Crippen molar-refractivity contribution in [2.75, 3.05) is 14.2 Å². The van der Waals surface area contributed by atoms with Gasteiger partial charge in [-0.3, -0.25) is 4.79 Å². The van der Waals surface area contributed by atoms with Gasteiger partial charge in [0.05, 0.1) is 19.1 Å². The summed E-state index contributed by atoms with van der Waals surface area (Å²) in [5, 5.41) is 27.8. The summed E-state index contributed by atoms with van der Waals surface area (Å²) in [6.45, 7) is 0. The van der Waals surface area contributed by atoms with E-state index in [9.17, 15) is 15.1 Å². The van der Waals surface area contributed by atoms with E-state index < -0.39 is 12.4 Å². The Kier molecular flexibility index (Phi) is 4.36. The molecule has 1 aromatic rings. The number of ether oxygens (including phenoxy) is 1. The number of phenolic OH excluding ortho intramolecular Hbond substituents is 1. The molecule has 0 aromatic heterocycles. The van der Waals surface area contributed by atoms with Crippen LogP contribution in [0.15, 0.2) is 12.1 Å². The third kappa shape index (κ3) is 3.03. The van der Waals surface area contributed by atoms with Gasteiger partial charge in [-0.25, -0.2) is 10.0 Å². The fraction of sp³-hybridized carbons (Fsp3) is 0.273. The number of carbonyl (C=O) groups is 1. The second kappa shape index (κ2) is 5.76. The van der Waals surface area contributed by atoms with Crippen LogP contribution < -0.4 is 4.74 Å². The highest BCUT2D eigenvalue weighted by Crippen LogP contribution is 2.32. The van der Waals surface area contributed by atoms with Crippen molar-refractivity contribution < 1.29 is 34.7 Å². The summed E-state index contributed by atoms with van der Waals surface area (Å²) in [6.07, 6.45) is 0.726. The minimum absolute atomic E-state index is 0.123. The van der Waals surface area contributed by atoms with E-state index in [2.05, 4.69) is 4.84 Å². The number of rotatable bonds is 5. The molecule has 0 saturated carbocycles. The SMILES string of the molecule is COc1ccc(C=[N+](O)OC)c(CC(=O)O)c1O. The van der Waals surface area contributed by atoms with E-state index in [0.717, 1.165) is 6.21 Å². The van der Waals surface area contributed by atoms with Gasteiger partial charge in [-0.2, -0.15) is 0 Å². The number of carboxylic acid groups (broad SMARTS) is 1. The zero-order valence-electron chi connectivity index (χ0n) is 9.95. The van der Waals surface area contributed by atoms with Crippen molar-refractivity contribution in [3.63, 3.8) is 0 Å². The minimum atomic E-state index is -1.12. The van der Waals surface area contributed by atoms with E-state index in [4.69, 9.17) is 9.84 Å². The molecule has 7 heteroatoms. The molecule has 98 valence electrons. The van der Waals surface area contributed by atoms with Gasteiger partial charge < -0.3 is 14.9 Å². The molecule has 7 nitrogen and oxygen atoms in total. The smallest absolute Gasteiger partial charge is 0.307 e. The highest BCUT2D eigenvalue weighted by molar-refractivity contribution is 5.84. The molecule has 0 bridgehead atoms. The number of aromatic hydroxyl groups is 1. The molecule has 0 saturated heterocycles. The van der Waals surface area contributed by atoms with Gasteiger partial charge in [0.2, 0.25) is 0 Å². The van der Waals surface area contributed by atoms with Gasteiger partial charge in [0, 0.05) is 5.56 Å². The molecular formula is C11H14NO6+. The molecule has 0 unspecified atom stereocenters. The summed E-state index contributed by atoms with van der Waals surface area (Å²) in [5.41, 5.74) is 0.429. The molecule has 0 atom stereocenters. The van der Waals surface area contributed by atoms with Crippen molar-refractivity contribution in [1.29, 1.82) is 0 Å². The zero-order chi connectivity index (χ0) is 13.7. The predicted molar refractivity (Wildman–Crippen MR) is 60.2 cm³/mol. The molecule has 0 aliphatic carbocycles. The Bertz CT molecular complexity index is 483. The van der Waals surface area contributed by atoms with Crippen LogP contribution in [0.1, 0.15) is 11.1 Å². The Balaban J connectivity index is 3.33. The molecule has 3 N–H and O–H groups in total. The molecule has 1 aromatic carbocycles. The van der Waals surface area contributed by atoms with Crippen LogP contribution in [0.2, 0.25) is 0 Å². The van der Waals surface area contributed by atoms with Crippen molar-refractivity contribution in [3.8, 4) is 11.5 Å². The van der Waals surface area contributed by atoms with Crippen molar-refractivity contribution in [1.82, 2.24) is 0 Å². The van der Waals surface area contributed by atoms with Crippen LogP contribution in [0.25, 0.3) is 0 Å². The van der Waals surface area contributed by atoms with E-state index >= 15 is 0 Å². The summed E-state index contributed by atoms with van der Waals surface area (Å²) < 4.78 is 4.89. The number of aliphatic carboxylic acids is 1. The van der Waals surface area contributed by atoms with Crippen molar-refractivity contribution in [2.24, 2.45) is 0 Å². The number of methoxy groups -OCH3 is 1. The second-order valence-corrected chi connectivity index (χ2v) is 3.37. The number of hydrogen-bond donors (Lipinski definition) is 3. The fourth-order valence-corrected chi connectivity index (χ4v) is 1.42. The van der Waals surface area contributed by atoms with Crippen molar-refractivity contribution in [3.05, 3.63) is 23.3 Å². The van der Waals surface area contributed by atoms with E-state index in [0.29, 0.717) is 10.5 Å². The van der Waals surface area contributed by atoms with Crippen LogP contribution in [0.4, 0.5) is 0 Å². The molecule has 0 fully saturated rings. The summed E-state index contributed by atoms with van der Waals surface area (Å²) in [6, 6.07) is 2.95. The number of hydrogen-bond acceptors (Lipinski definition) is 5. The first-order valence-electron chi connectivity index (χ1n) is 4.97. The maximum atomic E-state index is 10.8. The van der Waals surface area contributed by atoms with Crippen LogP contribution in [-0.4, -0.2) is 46.7 Å². The van der Waals surface area contributed by atoms with Gasteiger partial charge >= 0.3 is 5.97 Å². The summed E-state index contributed by atoms with van der Waals surface area (Å²) >= 11 is 0. The van der Waals surface area contributed by atoms with Gasteiger partial charge in [-0.15, -0.1) is 0 Å². The van der Waals surface area contributed by atoms with E-state index in [-0.39, 0.29) is 17.1 Å². The summed E-state index contributed by atoms with van der Waals surface area (Å²) in [4.78, 5) is 15.6. The van der Waals surface area contributed by atoms with Gasteiger partial charge in [0.1, 0.15) is 0 Å². The number of nitrogens with zero attached hydrogens (tertiary/aromatic N) is 1. The van der Waals surface area contributed by atoms with E-state index in [1.807, 2.05) is 0 Å². The van der Waals surface area contributed by atoms with Crippen LogP contribution in [0, 0.1) is 0 Å². The lowest BCUT2D eigenvalue weighted by atomic mass is 10.0. The van der Waals surface area contributed by atoms with E-state index in [1.54, 1.807) is 0 Å². The number of phenols is 1. The first-order chi connectivity index (χ1) is 8.49. The Morgan fingerprint density at radius 3 is 2.61 bits per heavy atom. The fourth-order valence-electron chi connectivity index (χ4n) is 1.42. The molecule has 0 amide bonds. The Morgan fingerprint density at radius 2 is 2.11 bits per heavy atom. The summed E-state index contributed by atoms with van der Waals surface area (Å²) in [7, 11) is 2.59. The highest BCUT2D eigenvalue weighted by Gasteiger charge is 2.18. The predicted octanol–water partition coefficient (Wildman–Crippen LogP) is 0.410. The third-order valence-electron chi connectivity index (χ3n) is 2.27. The number of carboxylic acids is 1. The summed E-state index contributed by atoms with van der Waals surface area (Å²) in [5.74, 6) is -1.24. The number of benzene rings is 1. The first kappa shape index (κ1) is 13.6. The van der Waals surface area contributed by atoms with Crippen LogP contribution in [-0.2, 0) is 16.1 Å². The largest absolute Gasteiger partial charge is 0.504 e. The standard InChI is InChI=1S/C11H13NO6/c1-17-9-4-3-7(6-12(16)18-2)8(11(9)15)5-10(13)14/h3-4,6H,5H2,1-2H3,(H2-,13,14,15,16)/p+1. The lowest BCUT2D eigenvalue weighted by Crippen LogP contribution is -2.10. The average Bonchev–Trinajstić information content (AvgIpc) is 2.33. The molecule has 0 spiro atoms. The molecule has 0 aliphatic heterocycles. The van der Waals surface area contributed by atoms with Gasteiger partial charge in [0.15, 0.2) is 23.5 Å². The maximum Gasteiger partial charge on any atom is 0.307 e. The molecule has 1 rings (SSSR count). The molecule has 0 radical (unpaired) electrons. The van der Waals surface area contributed by atoms with E-state index in [1.165, 1.54) is 26.4 Å². The Morgan fingerprint density at radius 1 is 1.44 bits per heavy atom. The minimum Gasteiger partial charge on any atom is -0.504 e. The lowest BCUT2D eigenvalue weighted by Gasteiger charge is -2.08. The Hall–Kier alpha value is -2.44. The normalized spacial score (nSPS) is 11.1. The average molecular weight is 256 g/mol. The van der Waals surface area contributed by atoms with Gasteiger partial charge in [-0.1, -0.05) is 0 Å². The third-order valence-corrected chi connectivity index (χ3v) is 2.27. The molecule has 0 aliphatic rings. The second-order valence-electron chi connectivity index (χ2n) is 3.37. The Labute approximate surface area is 103 Å². The first-order valence-corrected chi connectivity index (χ1v) is 4.97. The van der Waals surface area contributed by atoms with Crippen molar-refractivity contribution >= 4 is 12.2 Å². The van der Waals surface area contributed by atoms with Gasteiger partial charge in [-0.05, 0) is 12.1 Å². The molecule has 18 heavy (non-hydrogen) atoms. The van der Waals surface area contributed by atoms with Gasteiger partial charge in [0.25, 0.3) is 6.21 Å². The monoisotopic (exact) mass is 256 g/mol. The zero-order valence-corrected chi connectivity index (χ0v) is 9.95.